The lowest BCUT2D eigenvalue weighted by Crippen LogP contribution is -2.56. The van der Waals surface area contributed by atoms with E-state index in [1.54, 1.807) is 0 Å². The van der Waals surface area contributed by atoms with E-state index in [2.05, 4.69) is 35.8 Å². The van der Waals surface area contributed by atoms with Crippen LogP contribution in [0.2, 0.25) is 0 Å². The molecule has 0 aromatic heterocycles. The van der Waals surface area contributed by atoms with Gasteiger partial charge in [0.2, 0.25) is 10.0 Å². The van der Waals surface area contributed by atoms with Gasteiger partial charge < -0.3 is 10.2 Å². The van der Waals surface area contributed by atoms with E-state index in [1.807, 2.05) is 7.05 Å². The van der Waals surface area contributed by atoms with Crippen LogP contribution in [-0.2, 0) is 10.0 Å². The predicted molar refractivity (Wildman–Crippen MR) is 126 cm³/mol. The second-order valence-corrected chi connectivity index (χ2v) is 12.9. The summed E-state index contributed by atoms with van der Waals surface area (Å²) in [7, 11) is -1.39. The Hall–Kier alpha value is -0.400. The summed E-state index contributed by atoms with van der Waals surface area (Å²) in [6.07, 6.45) is 6.09. The van der Waals surface area contributed by atoms with Gasteiger partial charge in [0.1, 0.15) is 11.4 Å². The van der Waals surface area contributed by atoms with Crippen molar-refractivity contribution in [3.8, 4) is 0 Å². The highest BCUT2D eigenvalue weighted by Gasteiger charge is 2.44. The Balaban J connectivity index is 1.13. The molecule has 0 radical (unpaired) electrons. The molecule has 11 heteroatoms. The molecule has 4 aliphatic heterocycles. The molecular formula is C22H42FN7O2S. The molecule has 5 fully saturated rings. The quantitative estimate of drug-likeness (QED) is 0.411. The van der Waals surface area contributed by atoms with E-state index >= 15 is 0 Å². The van der Waals surface area contributed by atoms with E-state index in [0.29, 0.717) is 37.8 Å². The first-order valence-electron chi connectivity index (χ1n) is 13.0. The summed E-state index contributed by atoms with van der Waals surface area (Å²) in [5.74, 6) is 1.08. The number of alkyl halides is 1. The minimum absolute atomic E-state index is 0.0200. The number of hydrazine groups is 2. The first-order chi connectivity index (χ1) is 15.9. The van der Waals surface area contributed by atoms with E-state index in [9.17, 15) is 12.8 Å². The Morgan fingerprint density at radius 3 is 2.70 bits per heavy atom. The summed E-state index contributed by atoms with van der Waals surface area (Å²) < 4.78 is 43.2. The number of sulfonamides is 1. The molecule has 6 atom stereocenters. The van der Waals surface area contributed by atoms with Crippen molar-refractivity contribution in [2.24, 2.45) is 11.8 Å². The molecule has 9 nitrogen and oxygen atoms in total. The smallest absolute Gasteiger partial charge is 0.217 e. The Morgan fingerprint density at radius 1 is 1.06 bits per heavy atom. The summed E-state index contributed by atoms with van der Waals surface area (Å²) in [5, 5.41) is 7.36. The van der Waals surface area contributed by atoms with Crippen LogP contribution >= 0.6 is 0 Å². The van der Waals surface area contributed by atoms with Crippen LogP contribution in [-0.4, -0.2) is 106 Å². The summed E-state index contributed by atoms with van der Waals surface area (Å²) >= 11 is 0. The first-order valence-corrected chi connectivity index (χ1v) is 14.5. The molecule has 5 aliphatic rings. The number of nitrogens with zero attached hydrogens (tertiary/aromatic N) is 3. The van der Waals surface area contributed by atoms with Crippen molar-refractivity contribution in [2.45, 2.75) is 74.6 Å². The van der Waals surface area contributed by atoms with Crippen LogP contribution in [0.1, 0.15) is 44.9 Å². The van der Waals surface area contributed by atoms with Gasteiger partial charge >= 0.3 is 0 Å². The maximum atomic E-state index is 13.5. The first kappa shape index (κ1) is 24.3. The van der Waals surface area contributed by atoms with E-state index in [4.69, 9.17) is 0 Å². The number of halogens is 1. The fourth-order valence-corrected chi connectivity index (χ4v) is 8.24. The molecule has 1 aliphatic carbocycles. The second kappa shape index (κ2) is 10.3. The Morgan fingerprint density at radius 2 is 1.88 bits per heavy atom. The van der Waals surface area contributed by atoms with E-state index in [0.717, 1.165) is 58.4 Å². The van der Waals surface area contributed by atoms with Crippen molar-refractivity contribution in [3.63, 3.8) is 0 Å². The third-order valence-electron chi connectivity index (χ3n) is 8.61. The highest BCUT2D eigenvalue weighted by molar-refractivity contribution is 7.90. The van der Waals surface area contributed by atoms with Crippen LogP contribution in [0.3, 0.4) is 0 Å². The van der Waals surface area contributed by atoms with Gasteiger partial charge in [-0.15, -0.1) is 0 Å². The number of nitrogens with one attached hydrogen (secondary N) is 4. The lowest BCUT2D eigenvalue weighted by molar-refractivity contribution is 0.0705. The maximum Gasteiger partial charge on any atom is 0.217 e. The van der Waals surface area contributed by atoms with Crippen LogP contribution in [0.4, 0.5) is 4.39 Å². The van der Waals surface area contributed by atoms with E-state index in [-0.39, 0.29) is 18.2 Å². The van der Waals surface area contributed by atoms with E-state index < -0.39 is 21.4 Å². The summed E-state index contributed by atoms with van der Waals surface area (Å²) in [6.45, 7) is 5.58. The van der Waals surface area contributed by atoms with Gasteiger partial charge in [-0.2, -0.15) is 0 Å². The zero-order valence-corrected chi connectivity index (χ0v) is 20.7. The molecular weight excluding hydrogens is 445 g/mol. The minimum atomic E-state index is -3.41. The molecule has 0 aromatic rings. The van der Waals surface area contributed by atoms with Crippen molar-refractivity contribution >= 4 is 10.0 Å². The molecule has 6 unspecified atom stereocenters. The van der Waals surface area contributed by atoms with Gasteiger partial charge in [0.15, 0.2) is 0 Å². The molecule has 0 bridgehead atoms. The predicted octanol–water partition coefficient (Wildman–Crippen LogP) is -0.158. The molecule has 0 aromatic carbocycles. The summed E-state index contributed by atoms with van der Waals surface area (Å²) in [6, 6.07) is 0.218. The zero-order chi connectivity index (χ0) is 23.0. The third kappa shape index (κ3) is 5.55. The van der Waals surface area contributed by atoms with Gasteiger partial charge in [-0.05, 0) is 56.9 Å². The zero-order valence-electron chi connectivity index (χ0n) is 19.9. The monoisotopic (exact) mass is 487 g/mol. The van der Waals surface area contributed by atoms with Crippen molar-refractivity contribution in [3.05, 3.63) is 0 Å². The molecule has 5 rings (SSSR count). The fourth-order valence-electron chi connectivity index (χ4n) is 6.72. The largest absolute Gasteiger partial charge is 0.303 e. The number of likely N-dealkylation sites (tertiary alicyclic amines) is 1. The average Bonchev–Trinajstić information content (AvgIpc) is 3.44. The van der Waals surface area contributed by atoms with Gasteiger partial charge in [0.25, 0.3) is 0 Å². The third-order valence-corrected chi connectivity index (χ3v) is 10.4. The van der Waals surface area contributed by atoms with Crippen LogP contribution in [0.25, 0.3) is 0 Å². The normalized spacial score (nSPS) is 40.3. The van der Waals surface area contributed by atoms with Crippen LogP contribution in [0.15, 0.2) is 0 Å². The minimum Gasteiger partial charge on any atom is -0.303 e. The number of piperidine rings is 2. The van der Waals surface area contributed by atoms with Crippen molar-refractivity contribution < 1.29 is 12.8 Å². The summed E-state index contributed by atoms with van der Waals surface area (Å²) in [4.78, 5) is 2.41. The number of hydrogen-bond acceptors (Lipinski definition) is 8. The van der Waals surface area contributed by atoms with Crippen LogP contribution in [0, 0.1) is 11.8 Å². The van der Waals surface area contributed by atoms with Crippen molar-refractivity contribution in [1.29, 1.82) is 0 Å². The lowest BCUT2D eigenvalue weighted by Gasteiger charge is -2.39. The molecule has 0 spiro atoms. The standard InChI is InChI=1S/C22H42FN7O2S/c1-28-22-17(12-25-28)3-2-4-20(22)27-33(31,32)19-13-26-30(15-19)21-11-16(5-8-24-21)14-29-9-6-18(23)7-10-29/h16-22,24-27H,2-15H2,1H3. The summed E-state index contributed by atoms with van der Waals surface area (Å²) in [5.41, 5.74) is 6.75. The van der Waals surface area contributed by atoms with Crippen LogP contribution in [0.5, 0.6) is 0 Å². The molecule has 33 heavy (non-hydrogen) atoms. The number of likely N-dealkylation sites (N-methyl/N-ethyl adjacent to an activating group) is 1. The maximum absolute atomic E-state index is 13.5. The van der Waals surface area contributed by atoms with Gasteiger partial charge in [0.05, 0.1) is 6.17 Å². The molecule has 0 amide bonds. The lowest BCUT2D eigenvalue weighted by atomic mass is 9.82. The van der Waals surface area contributed by atoms with E-state index in [1.165, 1.54) is 6.42 Å². The highest BCUT2D eigenvalue weighted by atomic mass is 32.2. The molecule has 4 heterocycles. The SMILES string of the molecule is CN1NCC2CCCC(NS(=O)(=O)C3CNN(C4CC(CN5CCC(F)CC5)CCN4)C3)C21. The molecule has 190 valence electrons. The Kier molecular flexibility index (Phi) is 7.58. The Bertz CT molecular complexity index is 764. The molecule has 4 N–H and O–H groups in total. The number of fused-ring (bicyclic) bond motifs is 1. The van der Waals surface area contributed by atoms with Gasteiger partial charge in [-0.3, -0.25) is 10.9 Å². The number of hydrogen-bond donors (Lipinski definition) is 4. The van der Waals surface area contributed by atoms with Gasteiger partial charge in [-0.1, -0.05) is 6.42 Å². The van der Waals surface area contributed by atoms with Gasteiger partial charge in [-0.25, -0.2) is 27.5 Å². The highest BCUT2D eigenvalue weighted by Crippen LogP contribution is 2.31. The topological polar surface area (TPSA) is 92.0 Å². The van der Waals surface area contributed by atoms with Crippen LogP contribution < -0.4 is 20.9 Å². The number of rotatable bonds is 6. The van der Waals surface area contributed by atoms with Crippen molar-refractivity contribution in [1.82, 2.24) is 35.8 Å². The average molecular weight is 488 g/mol. The second-order valence-electron chi connectivity index (χ2n) is 10.9. The van der Waals surface area contributed by atoms with Gasteiger partial charge in [0, 0.05) is 58.4 Å². The fraction of sp³-hybridized carbons (Fsp3) is 1.00. The van der Waals surface area contributed by atoms with Crippen molar-refractivity contribution in [2.75, 3.05) is 52.9 Å². The molecule has 4 saturated heterocycles. The Labute approximate surface area is 198 Å². The molecule has 1 saturated carbocycles.